The van der Waals surface area contributed by atoms with Gasteiger partial charge in [0.05, 0.1) is 0 Å². The van der Waals surface area contributed by atoms with Crippen LogP contribution in [-0.2, 0) is 0 Å². The van der Waals surface area contributed by atoms with Gasteiger partial charge in [-0.3, -0.25) is 0 Å². The van der Waals surface area contributed by atoms with Crippen molar-refractivity contribution in [1.82, 2.24) is 0 Å². The van der Waals surface area contributed by atoms with Gasteiger partial charge in [-0.2, -0.15) is 0 Å². The van der Waals surface area contributed by atoms with E-state index in [9.17, 15) is 4.39 Å². The molecule has 0 heterocycles. The highest BCUT2D eigenvalue weighted by Gasteiger charge is 2.02. The van der Waals surface area contributed by atoms with Crippen molar-refractivity contribution in [2.45, 2.75) is 12.5 Å². The molecule has 0 fully saturated rings. The fraction of sp³-hybridized carbons (Fsp3) is 0.200. The lowest BCUT2D eigenvalue weighted by Gasteiger charge is -2.08. The molecule has 0 spiro atoms. The van der Waals surface area contributed by atoms with E-state index in [1.165, 1.54) is 12.1 Å². The van der Waals surface area contributed by atoms with Gasteiger partial charge in [0.1, 0.15) is 5.82 Å². The van der Waals surface area contributed by atoms with Crippen LogP contribution in [0.25, 0.3) is 0 Å². The third kappa shape index (κ3) is 2.17. The first kappa shape index (κ1) is 8.94. The highest BCUT2D eigenvalue weighted by molar-refractivity contribution is 5.19. The van der Waals surface area contributed by atoms with Gasteiger partial charge in [0.25, 0.3) is 0 Å². The van der Waals surface area contributed by atoms with Crippen LogP contribution in [0.1, 0.15) is 18.0 Å². The number of rotatable bonds is 3. The first-order valence-corrected chi connectivity index (χ1v) is 3.86. The summed E-state index contributed by atoms with van der Waals surface area (Å²) in [6.45, 7) is 3.59. The molecular formula is C10H12FN. The van der Waals surface area contributed by atoms with Crippen LogP contribution in [0.4, 0.5) is 4.39 Å². The van der Waals surface area contributed by atoms with E-state index in [1.54, 1.807) is 18.2 Å². The minimum atomic E-state index is -0.232. The molecule has 0 aliphatic rings. The molecule has 1 atom stereocenters. The van der Waals surface area contributed by atoms with E-state index in [1.807, 2.05) is 0 Å². The second kappa shape index (κ2) is 4.02. The van der Waals surface area contributed by atoms with Gasteiger partial charge in [0.15, 0.2) is 0 Å². The zero-order valence-corrected chi connectivity index (χ0v) is 6.83. The molecule has 1 aromatic rings. The summed E-state index contributed by atoms with van der Waals surface area (Å²) in [5, 5.41) is 0. The average molecular weight is 165 g/mol. The molecule has 2 heteroatoms. The molecule has 0 aliphatic carbocycles. The van der Waals surface area contributed by atoms with Gasteiger partial charge in [0.2, 0.25) is 0 Å². The second-order valence-electron chi connectivity index (χ2n) is 2.68. The normalized spacial score (nSPS) is 12.5. The zero-order valence-electron chi connectivity index (χ0n) is 6.83. The van der Waals surface area contributed by atoms with Gasteiger partial charge in [-0.05, 0) is 24.1 Å². The minimum Gasteiger partial charge on any atom is -0.324 e. The summed E-state index contributed by atoms with van der Waals surface area (Å²) in [6.07, 6.45) is 2.47. The number of benzene rings is 1. The summed E-state index contributed by atoms with van der Waals surface area (Å²) in [5.41, 5.74) is 6.70. The molecule has 1 nitrogen and oxygen atoms in total. The van der Waals surface area contributed by atoms with E-state index in [2.05, 4.69) is 6.58 Å². The van der Waals surface area contributed by atoms with Gasteiger partial charge in [0, 0.05) is 6.04 Å². The average Bonchev–Trinajstić information content (AvgIpc) is 2.06. The van der Waals surface area contributed by atoms with Crippen molar-refractivity contribution in [2.24, 2.45) is 5.73 Å². The van der Waals surface area contributed by atoms with Crippen LogP contribution >= 0.6 is 0 Å². The molecule has 0 aliphatic heterocycles. The highest BCUT2D eigenvalue weighted by Crippen LogP contribution is 2.14. The Labute approximate surface area is 71.7 Å². The molecule has 1 unspecified atom stereocenters. The number of hydrogen-bond donors (Lipinski definition) is 1. The monoisotopic (exact) mass is 165 g/mol. The summed E-state index contributed by atoms with van der Waals surface area (Å²) >= 11 is 0. The third-order valence-electron chi connectivity index (χ3n) is 1.72. The Kier molecular flexibility index (Phi) is 3.00. The summed E-state index contributed by atoms with van der Waals surface area (Å²) in [4.78, 5) is 0. The molecule has 0 saturated heterocycles. The summed E-state index contributed by atoms with van der Waals surface area (Å²) in [7, 11) is 0. The molecule has 0 radical (unpaired) electrons. The standard InChI is InChI=1S/C10H12FN/c1-2-3-10(12)8-4-6-9(11)7-5-8/h2,4-7,10H,1,3,12H2. The second-order valence-corrected chi connectivity index (χ2v) is 2.68. The summed E-state index contributed by atoms with van der Waals surface area (Å²) < 4.78 is 12.5. The maximum absolute atomic E-state index is 12.5. The van der Waals surface area contributed by atoms with Gasteiger partial charge >= 0.3 is 0 Å². The maximum Gasteiger partial charge on any atom is 0.123 e. The zero-order chi connectivity index (χ0) is 8.97. The van der Waals surface area contributed by atoms with E-state index in [4.69, 9.17) is 5.73 Å². The first-order chi connectivity index (χ1) is 5.74. The number of nitrogens with two attached hydrogens (primary N) is 1. The molecule has 1 aromatic carbocycles. The van der Waals surface area contributed by atoms with Crippen molar-refractivity contribution in [2.75, 3.05) is 0 Å². The van der Waals surface area contributed by atoms with Crippen LogP contribution in [0.3, 0.4) is 0 Å². The lowest BCUT2D eigenvalue weighted by molar-refractivity contribution is 0.625. The Morgan fingerprint density at radius 1 is 1.42 bits per heavy atom. The van der Waals surface area contributed by atoms with Crippen LogP contribution in [0.15, 0.2) is 36.9 Å². The Hall–Kier alpha value is -1.15. The smallest absolute Gasteiger partial charge is 0.123 e. The largest absolute Gasteiger partial charge is 0.324 e. The van der Waals surface area contributed by atoms with E-state index in [0.717, 1.165) is 5.56 Å². The van der Waals surface area contributed by atoms with Crippen molar-refractivity contribution in [3.8, 4) is 0 Å². The van der Waals surface area contributed by atoms with Crippen LogP contribution in [0, 0.1) is 5.82 Å². The van der Waals surface area contributed by atoms with E-state index >= 15 is 0 Å². The van der Waals surface area contributed by atoms with Crippen molar-refractivity contribution in [3.63, 3.8) is 0 Å². The Balaban J connectivity index is 2.74. The van der Waals surface area contributed by atoms with E-state index in [0.29, 0.717) is 6.42 Å². The molecule has 0 amide bonds. The highest BCUT2D eigenvalue weighted by atomic mass is 19.1. The SMILES string of the molecule is C=CCC(N)c1ccc(F)cc1. The predicted molar refractivity (Wildman–Crippen MR) is 48.1 cm³/mol. The molecule has 12 heavy (non-hydrogen) atoms. The molecule has 64 valence electrons. The van der Waals surface area contributed by atoms with Gasteiger partial charge in [-0.1, -0.05) is 18.2 Å². The van der Waals surface area contributed by atoms with E-state index < -0.39 is 0 Å². The van der Waals surface area contributed by atoms with E-state index in [-0.39, 0.29) is 11.9 Å². The maximum atomic E-state index is 12.5. The van der Waals surface area contributed by atoms with Crippen LogP contribution in [-0.4, -0.2) is 0 Å². The van der Waals surface area contributed by atoms with Crippen molar-refractivity contribution in [3.05, 3.63) is 48.3 Å². The fourth-order valence-corrected chi connectivity index (χ4v) is 1.03. The molecule has 0 aromatic heterocycles. The van der Waals surface area contributed by atoms with Gasteiger partial charge in [-0.15, -0.1) is 6.58 Å². The van der Waals surface area contributed by atoms with Crippen LogP contribution in [0.2, 0.25) is 0 Å². The Morgan fingerprint density at radius 2 is 2.00 bits per heavy atom. The number of halogens is 1. The van der Waals surface area contributed by atoms with Gasteiger partial charge < -0.3 is 5.73 Å². The predicted octanol–water partition coefficient (Wildman–Crippen LogP) is 2.40. The topological polar surface area (TPSA) is 26.0 Å². The van der Waals surface area contributed by atoms with Crippen LogP contribution < -0.4 is 5.73 Å². The molecule has 0 bridgehead atoms. The van der Waals surface area contributed by atoms with Crippen LogP contribution in [0.5, 0.6) is 0 Å². The quantitative estimate of drug-likeness (QED) is 0.684. The fourth-order valence-electron chi connectivity index (χ4n) is 1.03. The van der Waals surface area contributed by atoms with Crippen molar-refractivity contribution < 1.29 is 4.39 Å². The minimum absolute atomic E-state index is 0.0666. The summed E-state index contributed by atoms with van der Waals surface area (Å²) in [6, 6.07) is 6.16. The first-order valence-electron chi connectivity index (χ1n) is 3.86. The molecule has 1 rings (SSSR count). The van der Waals surface area contributed by atoms with Crippen molar-refractivity contribution in [1.29, 1.82) is 0 Å². The third-order valence-corrected chi connectivity index (χ3v) is 1.72. The Morgan fingerprint density at radius 3 is 2.50 bits per heavy atom. The molecule has 2 N–H and O–H groups in total. The molecule has 0 saturated carbocycles. The Bertz CT molecular complexity index is 253. The molecular weight excluding hydrogens is 153 g/mol. The lowest BCUT2D eigenvalue weighted by Crippen LogP contribution is -2.08. The summed E-state index contributed by atoms with van der Waals surface area (Å²) in [5.74, 6) is -0.232. The van der Waals surface area contributed by atoms with Gasteiger partial charge in [-0.25, -0.2) is 4.39 Å². The van der Waals surface area contributed by atoms with Crippen molar-refractivity contribution >= 4 is 0 Å². The lowest BCUT2D eigenvalue weighted by atomic mass is 10.1. The number of hydrogen-bond acceptors (Lipinski definition) is 1.